The van der Waals surface area contributed by atoms with E-state index in [1.54, 1.807) is 35.7 Å². The zero-order valence-corrected chi connectivity index (χ0v) is 34.8. The van der Waals surface area contributed by atoms with Crippen molar-refractivity contribution in [2.45, 2.75) is 45.3 Å². The minimum absolute atomic E-state index is 0.0295. The van der Waals surface area contributed by atoms with Gasteiger partial charge in [0.2, 0.25) is 5.82 Å². The zero-order valence-electron chi connectivity index (χ0n) is 32.5. The Balaban J connectivity index is 1.29. The Kier molecular flexibility index (Phi) is 11.3. The van der Waals surface area contributed by atoms with Crippen LogP contribution < -0.4 is 5.32 Å². The van der Waals surface area contributed by atoms with E-state index in [-0.39, 0.29) is 24.0 Å². The Morgan fingerprint density at radius 3 is 2.02 bits per heavy atom. The molecule has 8 rings (SSSR count). The molecule has 1 aliphatic carbocycles. The number of nitrogens with one attached hydrogen (secondary N) is 1. The summed E-state index contributed by atoms with van der Waals surface area (Å²) in [5, 5.41) is 17.6. The minimum Gasteiger partial charge on any atom is -0.472 e. The summed E-state index contributed by atoms with van der Waals surface area (Å²) in [5.74, 6) is -0.0907. The first-order chi connectivity index (χ1) is 28.8. The summed E-state index contributed by atoms with van der Waals surface area (Å²) in [7, 11) is 0. The molecule has 2 aliphatic rings. The van der Waals surface area contributed by atoms with Gasteiger partial charge in [-0.15, -0.1) is 15.0 Å². The maximum absolute atomic E-state index is 13.9. The van der Waals surface area contributed by atoms with E-state index >= 15 is 0 Å². The van der Waals surface area contributed by atoms with E-state index in [0.29, 0.717) is 18.1 Å². The summed E-state index contributed by atoms with van der Waals surface area (Å²) in [6.07, 6.45) is 3.79. The number of esters is 1. The van der Waals surface area contributed by atoms with Crippen molar-refractivity contribution in [1.29, 1.82) is 0 Å². The summed E-state index contributed by atoms with van der Waals surface area (Å²) in [6.45, 7) is 5.62. The topological polar surface area (TPSA) is 130 Å². The Labute approximate surface area is 354 Å². The van der Waals surface area contributed by atoms with Crippen molar-refractivity contribution in [1.82, 2.24) is 35.1 Å². The van der Waals surface area contributed by atoms with Crippen molar-refractivity contribution in [3.63, 3.8) is 0 Å². The summed E-state index contributed by atoms with van der Waals surface area (Å²) in [5.41, 5.74) is 7.04. The van der Waals surface area contributed by atoms with Gasteiger partial charge >= 0.3 is 5.97 Å². The molecule has 0 bridgehead atoms. The summed E-state index contributed by atoms with van der Waals surface area (Å²) >= 11 is 10.6. The van der Waals surface area contributed by atoms with E-state index in [4.69, 9.17) is 36.2 Å². The molecule has 13 heteroatoms. The van der Waals surface area contributed by atoms with Crippen LogP contribution >= 0.6 is 27.5 Å². The number of benzene rings is 4. The Bertz CT molecular complexity index is 2620. The molecule has 296 valence electrons. The van der Waals surface area contributed by atoms with Crippen molar-refractivity contribution in [2.75, 3.05) is 6.61 Å². The Hall–Kier alpha value is -6.37. The minimum atomic E-state index is -0.967. The van der Waals surface area contributed by atoms with E-state index in [9.17, 15) is 9.59 Å². The predicted molar refractivity (Wildman–Crippen MR) is 229 cm³/mol. The van der Waals surface area contributed by atoms with Crippen molar-refractivity contribution >= 4 is 39.4 Å². The van der Waals surface area contributed by atoms with Crippen LogP contribution in [0.2, 0.25) is 5.15 Å². The normalized spacial score (nSPS) is 12.1. The SMILES string of the molecule is CCOC(=O)[C@H](C)NC(=O)c1c(Cl)nc(CC)n1Cc1c2ccocc-2c(Br)c1-c1ccccc1-c1nnn(C(c2ccccc2)(c2ccccc2)c2ccccc2)n1. The molecule has 4 aromatic carbocycles. The predicted octanol–water partition coefficient (Wildman–Crippen LogP) is 9.45. The lowest BCUT2D eigenvalue weighted by Gasteiger charge is -2.34. The molecule has 0 saturated carbocycles. The molecule has 0 saturated heterocycles. The molecule has 6 aromatic rings. The van der Waals surface area contributed by atoms with Gasteiger partial charge in [0, 0.05) is 27.6 Å². The molecular formula is C46H39BrClN7O4. The van der Waals surface area contributed by atoms with Gasteiger partial charge in [-0.3, -0.25) is 4.79 Å². The molecular weight excluding hydrogens is 830 g/mol. The van der Waals surface area contributed by atoms with Crippen LogP contribution in [0, 0.1) is 0 Å². The molecule has 3 heterocycles. The van der Waals surface area contributed by atoms with Crippen LogP contribution in [0.25, 0.3) is 33.6 Å². The molecule has 11 nitrogen and oxygen atoms in total. The molecule has 1 amide bonds. The number of carbonyl (C=O) groups excluding carboxylic acids is 2. The number of amides is 1. The second kappa shape index (κ2) is 16.8. The summed E-state index contributed by atoms with van der Waals surface area (Å²) in [4.78, 5) is 32.6. The van der Waals surface area contributed by atoms with Gasteiger partial charge in [0.05, 0.1) is 25.7 Å². The maximum Gasteiger partial charge on any atom is 0.328 e. The maximum atomic E-state index is 13.9. The highest BCUT2D eigenvalue weighted by Crippen LogP contribution is 2.49. The third-order valence-corrected chi connectivity index (χ3v) is 11.5. The van der Waals surface area contributed by atoms with E-state index < -0.39 is 23.5 Å². The van der Waals surface area contributed by atoms with Gasteiger partial charge in [0.1, 0.15) is 17.6 Å². The van der Waals surface area contributed by atoms with E-state index in [1.165, 1.54) is 0 Å². The quantitative estimate of drug-likeness (QED) is 0.0897. The van der Waals surface area contributed by atoms with E-state index in [0.717, 1.165) is 54.5 Å². The largest absolute Gasteiger partial charge is 0.472 e. The van der Waals surface area contributed by atoms with Gasteiger partial charge in [-0.1, -0.05) is 134 Å². The van der Waals surface area contributed by atoms with Crippen molar-refractivity contribution in [3.8, 4) is 33.6 Å². The lowest BCUT2D eigenvalue weighted by atomic mass is 9.77. The van der Waals surface area contributed by atoms with E-state index in [2.05, 4.69) is 62.6 Å². The number of rotatable bonds is 13. The molecule has 0 radical (unpaired) electrons. The molecule has 1 aliphatic heterocycles. The van der Waals surface area contributed by atoms with Crippen LogP contribution in [0.1, 0.15) is 59.3 Å². The number of aryl methyl sites for hydroxylation is 1. The number of carbonyl (C=O) groups is 2. The second-order valence-corrected chi connectivity index (χ2v) is 15.0. The smallest absolute Gasteiger partial charge is 0.328 e. The van der Waals surface area contributed by atoms with Gasteiger partial charge in [-0.05, 0) is 74.4 Å². The fraction of sp³-hybridized carbons (Fsp3) is 0.174. The lowest BCUT2D eigenvalue weighted by molar-refractivity contribution is -0.144. The lowest BCUT2D eigenvalue weighted by Crippen LogP contribution is -2.40. The summed E-state index contributed by atoms with van der Waals surface area (Å²) < 4.78 is 13.4. The van der Waals surface area contributed by atoms with Crippen LogP contribution in [-0.2, 0) is 28.0 Å². The highest BCUT2D eigenvalue weighted by Gasteiger charge is 2.41. The molecule has 2 aromatic heterocycles. The first-order valence-electron chi connectivity index (χ1n) is 19.2. The van der Waals surface area contributed by atoms with Crippen molar-refractivity contribution < 1.29 is 18.7 Å². The van der Waals surface area contributed by atoms with Crippen molar-refractivity contribution in [3.05, 3.63) is 177 Å². The second-order valence-electron chi connectivity index (χ2n) is 13.9. The molecule has 0 spiro atoms. The van der Waals surface area contributed by atoms with Crippen LogP contribution in [0.5, 0.6) is 0 Å². The fourth-order valence-corrected chi connectivity index (χ4v) is 8.81. The van der Waals surface area contributed by atoms with Gasteiger partial charge in [0.25, 0.3) is 5.91 Å². The first-order valence-corrected chi connectivity index (χ1v) is 20.4. The number of hydrogen-bond acceptors (Lipinski definition) is 8. The number of halogens is 2. The zero-order chi connectivity index (χ0) is 41.1. The number of aromatic nitrogens is 6. The van der Waals surface area contributed by atoms with Crippen molar-refractivity contribution in [2.24, 2.45) is 0 Å². The average Bonchev–Trinajstić information content (AvgIpc) is 3.96. The number of ether oxygens (including phenoxy) is 1. The number of nitrogens with zero attached hydrogens (tertiary/aromatic N) is 6. The monoisotopic (exact) mass is 867 g/mol. The number of tetrazole rings is 1. The van der Waals surface area contributed by atoms with Gasteiger partial charge < -0.3 is 19.0 Å². The van der Waals surface area contributed by atoms with Gasteiger partial charge in [0.15, 0.2) is 10.7 Å². The molecule has 0 fully saturated rings. The van der Waals surface area contributed by atoms with Crippen LogP contribution in [0.4, 0.5) is 0 Å². The third kappa shape index (κ3) is 7.12. The summed E-state index contributed by atoms with van der Waals surface area (Å²) in [6, 6.07) is 39.5. The highest BCUT2D eigenvalue weighted by atomic mass is 79.9. The highest BCUT2D eigenvalue weighted by molar-refractivity contribution is 9.10. The van der Waals surface area contributed by atoms with Gasteiger partial charge in [-0.2, -0.15) is 0 Å². The van der Waals surface area contributed by atoms with Crippen LogP contribution in [0.15, 0.2) is 143 Å². The molecule has 1 N–H and O–H groups in total. The van der Waals surface area contributed by atoms with Crippen LogP contribution in [0.3, 0.4) is 0 Å². The number of imidazole rings is 1. The van der Waals surface area contributed by atoms with E-state index in [1.807, 2.05) is 91.9 Å². The first kappa shape index (κ1) is 39.5. The van der Waals surface area contributed by atoms with Crippen LogP contribution in [-0.4, -0.2) is 54.3 Å². The molecule has 1 atom stereocenters. The number of hydrogen-bond donors (Lipinski definition) is 1. The van der Waals surface area contributed by atoms with Gasteiger partial charge in [-0.25, -0.2) is 9.78 Å². The Morgan fingerprint density at radius 2 is 1.42 bits per heavy atom. The fourth-order valence-electron chi connectivity index (χ4n) is 7.77. The average molecular weight is 869 g/mol. The number of fused-ring (bicyclic) bond motifs is 1. The Morgan fingerprint density at radius 1 is 0.831 bits per heavy atom. The third-order valence-electron chi connectivity index (χ3n) is 10.4. The standard InChI is InChI=1S/C46H39BrClN7O4/c1-4-38-50-42(48)41(44(56)49-29(3)45(57)59-5-2)54(38)27-36-33-25-26-58-28-37(33)40(47)39(36)34-23-15-16-24-35(34)43-51-53-55(52-43)46(30-17-9-6-10-18-30,31-19-11-7-12-20-31)32-21-13-8-14-22-32/h6-26,28-29H,4-5,27H2,1-3H3,(H,49,56)/t29-/m0/s1. The molecule has 59 heavy (non-hydrogen) atoms. The molecule has 0 unspecified atom stereocenters.